The van der Waals surface area contributed by atoms with Gasteiger partial charge in [-0.25, -0.2) is 4.39 Å². The summed E-state index contributed by atoms with van der Waals surface area (Å²) in [6, 6.07) is 4.47. The zero-order valence-corrected chi connectivity index (χ0v) is 9.77. The summed E-state index contributed by atoms with van der Waals surface area (Å²) < 4.78 is 14.7. The van der Waals surface area contributed by atoms with Gasteiger partial charge in [0.2, 0.25) is 0 Å². The molecule has 1 aromatic heterocycles. The van der Waals surface area contributed by atoms with Crippen LogP contribution in [0.15, 0.2) is 24.4 Å². The molecule has 0 atom stereocenters. The zero-order chi connectivity index (χ0) is 12.4. The van der Waals surface area contributed by atoms with E-state index in [1.54, 1.807) is 23.9 Å². The first-order valence-corrected chi connectivity index (χ1v) is 5.45. The van der Waals surface area contributed by atoms with E-state index in [0.717, 1.165) is 17.4 Å². The Balaban J connectivity index is 2.58. The van der Waals surface area contributed by atoms with Crippen LogP contribution in [0.2, 0.25) is 0 Å². The average molecular weight is 232 g/mol. The molecule has 0 aliphatic rings. The van der Waals surface area contributed by atoms with Crippen molar-refractivity contribution in [2.24, 2.45) is 0 Å². The van der Waals surface area contributed by atoms with Gasteiger partial charge < -0.3 is 0 Å². The highest BCUT2D eigenvalue weighted by Crippen LogP contribution is 2.25. The van der Waals surface area contributed by atoms with Crippen LogP contribution in [0.5, 0.6) is 0 Å². The molecule has 3 nitrogen and oxygen atoms in total. The van der Waals surface area contributed by atoms with Gasteiger partial charge in [-0.15, -0.1) is 0 Å². The van der Waals surface area contributed by atoms with Gasteiger partial charge in [0, 0.05) is 18.3 Å². The van der Waals surface area contributed by atoms with Gasteiger partial charge in [-0.05, 0) is 37.6 Å². The number of hydrogen-bond donors (Lipinski definition) is 0. The molecule has 0 fully saturated rings. The number of rotatable bonds is 3. The summed E-state index contributed by atoms with van der Waals surface area (Å²) in [4.78, 5) is 11.0. The van der Waals surface area contributed by atoms with Gasteiger partial charge in [-0.1, -0.05) is 0 Å². The summed E-state index contributed by atoms with van der Waals surface area (Å²) in [6.07, 6.45) is 2.47. The third-order valence-electron chi connectivity index (χ3n) is 2.68. The molecule has 17 heavy (non-hydrogen) atoms. The van der Waals surface area contributed by atoms with Crippen molar-refractivity contribution < 1.29 is 9.18 Å². The predicted octanol–water partition coefficient (Wildman–Crippen LogP) is 2.83. The highest BCUT2D eigenvalue weighted by molar-refractivity contribution is 5.86. The van der Waals surface area contributed by atoms with Crippen molar-refractivity contribution in [1.29, 1.82) is 0 Å². The molecular formula is C13H13FN2O. The van der Waals surface area contributed by atoms with Crippen LogP contribution in [0.25, 0.3) is 11.3 Å². The monoisotopic (exact) mass is 232 g/mol. The Hall–Kier alpha value is -1.97. The van der Waals surface area contributed by atoms with Crippen molar-refractivity contribution in [1.82, 2.24) is 9.78 Å². The van der Waals surface area contributed by atoms with Crippen molar-refractivity contribution in [2.45, 2.75) is 20.4 Å². The number of nitrogens with zero attached hydrogens (tertiary/aromatic N) is 2. The molecule has 88 valence electrons. The summed E-state index contributed by atoms with van der Waals surface area (Å²) in [5.74, 6) is -0.283. The number of hydrogen-bond acceptors (Lipinski definition) is 2. The van der Waals surface area contributed by atoms with Gasteiger partial charge in [-0.3, -0.25) is 9.48 Å². The van der Waals surface area contributed by atoms with Crippen LogP contribution in [-0.4, -0.2) is 16.1 Å². The third kappa shape index (κ3) is 2.11. The Labute approximate surface area is 98.9 Å². The molecule has 0 saturated carbocycles. The topological polar surface area (TPSA) is 34.9 Å². The number of benzene rings is 1. The molecule has 0 amide bonds. The lowest BCUT2D eigenvalue weighted by atomic mass is 10.0. The molecule has 0 radical (unpaired) electrons. The zero-order valence-electron chi connectivity index (χ0n) is 9.77. The number of aryl methyl sites for hydroxylation is 2. The average Bonchev–Trinajstić information content (AvgIpc) is 2.72. The molecule has 2 rings (SSSR count). The lowest BCUT2D eigenvalue weighted by Crippen LogP contribution is -1.94. The van der Waals surface area contributed by atoms with Crippen LogP contribution in [0, 0.1) is 12.7 Å². The van der Waals surface area contributed by atoms with Crippen LogP contribution in [-0.2, 0) is 6.54 Å². The molecule has 0 N–H and O–H groups in total. The number of halogens is 1. The van der Waals surface area contributed by atoms with Crippen LogP contribution >= 0.6 is 0 Å². The Kier molecular flexibility index (Phi) is 3.04. The largest absolute Gasteiger partial charge is 0.298 e. The molecule has 2 aromatic rings. The van der Waals surface area contributed by atoms with Crippen molar-refractivity contribution in [3.63, 3.8) is 0 Å². The quantitative estimate of drug-likeness (QED) is 0.763. The van der Waals surface area contributed by atoms with Crippen molar-refractivity contribution >= 4 is 6.29 Å². The number of carbonyl (C=O) groups excluding carboxylic acids is 1. The molecule has 1 aromatic carbocycles. The molecule has 0 spiro atoms. The maximum atomic E-state index is 13.0. The lowest BCUT2D eigenvalue weighted by molar-refractivity contribution is 0.112. The fraction of sp³-hybridized carbons (Fsp3) is 0.231. The molecular weight excluding hydrogens is 219 g/mol. The van der Waals surface area contributed by atoms with Gasteiger partial charge in [0.1, 0.15) is 11.5 Å². The highest BCUT2D eigenvalue weighted by Gasteiger charge is 2.12. The number of aldehydes is 1. The first kappa shape index (κ1) is 11.5. The molecule has 0 aliphatic heterocycles. The van der Waals surface area contributed by atoms with E-state index in [0.29, 0.717) is 17.8 Å². The molecule has 0 saturated heterocycles. The first-order valence-electron chi connectivity index (χ1n) is 5.45. The normalized spacial score (nSPS) is 10.5. The van der Waals surface area contributed by atoms with Gasteiger partial charge in [0.15, 0.2) is 6.29 Å². The number of aromatic nitrogens is 2. The van der Waals surface area contributed by atoms with Gasteiger partial charge in [0.05, 0.1) is 5.56 Å². The summed E-state index contributed by atoms with van der Waals surface area (Å²) in [5.41, 5.74) is 2.70. The molecule has 4 heteroatoms. The SMILES string of the molecule is CCn1cc(C=O)c(-c2ccc(F)cc2C)n1. The maximum Gasteiger partial charge on any atom is 0.153 e. The van der Waals surface area contributed by atoms with Gasteiger partial charge >= 0.3 is 0 Å². The van der Waals surface area contributed by atoms with E-state index in [1.165, 1.54) is 12.1 Å². The van der Waals surface area contributed by atoms with Gasteiger partial charge in [0.25, 0.3) is 0 Å². The van der Waals surface area contributed by atoms with Crippen molar-refractivity contribution in [3.05, 3.63) is 41.3 Å². The second-order valence-electron chi connectivity index (χ2n) is 3.87. The Morgan fingerprint density at radius 1 is 1.47 bits per heavy atom. The van der Waals surface area contributed by atoms with Crippen molar-refractivity contribution in [2.75, 3.05) is 0 Å². The summed E-state index contributed by atoms with van der Waals surface area (Å²) in [7, 11) is 0. The molecule has 0 aliphatic carbocycles. The Morgan fingerprint density at radius 3 is 2.82 bits per heavy atom. The Morgan fingerprint density at radius 2 is 2.24 bits per heavy atom. The second kappa shape index (κ2) is 4.49. The maximum absolute atomic E-state index is 13.0. The number of carbonyl (C=O) groups is 1. The fourth-order valence-corrected chi connectivity index (χ4v) is 1.79. The minimum atomic E-state index is -0.283. The van der Waals surface area contributed by atoms with E-state index in [1.807, 2.05) is 6.92 Å². The minimum absolute atomic E-state index is 0.283. The van der Waals surface area contributed by atoms with Crippen LogP contribution in [0.1, 0.15) is 22.8 Å². The minimum Gasteiger partial charge on any atom is -0.298 e. The smallest absolute Gasteiger partial charge is 0.153 e. The summed E-state index contributed by atoms with van der Waals surface area (Å²) in [6.45, 7) is 4.45. The second-order valence-corrected chi connectivity index (χ2v) is 3.87. The molecule has 1 heterocycles. The van der Waals surface area contributed by atoms with E-state index in [2.05, 4.69) is 5.10 Å². The highest BCUT2D eigenvalue weighted by atomic mass is 19.1. The third-order valence-corrected chi connectivity index (χ3v) is 2.68. The van der Waals surface area contributed by atoms with Crippen LogP contribution in [0.4, 0.5) is 4.39 Å². The van der Waals surface area contributed by atoms with E-state index < -0.39 is 0 Å². The summed E-state index contributed by atoms with van der Waals surface area (Å²) >= 11 is 0. The van der Waals surface area contributed by atoms with Gasteiger partial charge in [-0.2, -0.15) is 5.10 Å². The first-order chi connectivity index (χ1) is 8.15. The lowest BCUT2D eigenvalue weighted by Gasteiger charge is -2.03. The standard InChI is InChI=1S/C13H13FN2O/c1-3-16-7-10(8-17)13(15-16)12-5-4-11(14)6-9(12)2/h4-8H,3H2,1-2H3. The molecule has 0 bridgehead atoms. The van der Waals surface area contributed by atoms with Crippen LogP contribution < -0.4 is 0 Å². The summed E-state index contributed by atoms with van der Waals surface area (Å²) in [5, 5.41) is 4.32. The van der Waals surface area contributed by atoms with E-state index in [4.69, 9.17) is 0 Å². The Bertz CT molecular complexity index is 561. The molecule has 0 unspecified atom stereocenters. The van der Waals surface area contributed by atoms with E-state index in [9.17, 15) is 9.18 Å². The van der Waals surface area contributed by atoms with Crippen molar-refractivity contribution in [3.8, 4) is 11.3 Å². The van der Waals surface area contributed by atoms with E-state index in [-0.39, 0.29) is 5.82 Å². The van der Waals surface area contributed by atoms with Crippen LogP contribution in [0.3, 0.4) is 0 Å². The fourth-order valence-electron chi connectivity index (χ4n) is 1.79. The predicted molar refractivity (Wildman–Crippen MR) is 63.4 cm³/mol. The van der Waals surface area contributed by atoms with E-state index >= 15 is 0 Å².